The van der Waals surface area contributed by atoms with Crippen LogP contribution < -0.4 is 5.32 Å². The van der Waals surface area contributed by atoms with Crippen molar-refractivity contribution in [1.82, 2.24) is 4.98 Å². The van der Waals surface area contributed by atoms with Crippen LogP contribution in [0.4, 0.5) is 10.2 Å². The third kappa shape index (κ3) is 6.29. The van der Waals surface area contributed by atoms with Crippen molar-refractivity contribution in [3.63, 3.8) is 0 Å². The summed E-state index contributed by atoms with van der Waals surface area (Å²) in [6.45, 7) is 3.28. The minimum Gasteiger partial charge on any atom is -0.478 e. The second kappa shape index (κ2) is 7.74. The maximum atomic E-state index is 12.1. The zero-order chi connectivity index (χ0) is 15.8. The highest BCUT2D eigenvalue weighted by Crippen LogP contribution is 2.04. The van der Waals surface area contributed by atoms with E-state index in [9.17, 15) is 14.0 Å². The summed E-state index contributed by atoms with van der Waals surface area (Å²) in [5, 5.41) is 11.0. The molecule has 21 heavy (non-hydrogen) atoms. The maximum absolute atomic E-state index is 12.1. The first-order valence-electron chi connectivity index (χ1n) is 6.07. The molecule has 110 valence electrons. The van der Waals surface area contributed by atoms with E-state index in [1.165, 1.54) is 37.4 Å². The van der Waals surface area contributed by atoms with Crippen LogP contribution in [-0.4, -0.2) is 22.0 Å². The van der Waals surface area contributed by atoms with Gasteiger partial charge in [0.1, 0.15) is 11.6 Å². The molecule has 0 saturated heterocycles. The molecule has 1 amide bonds. The van der Waals surface area contributed by atoms with Crippen LogP contribution in [0.25, 0.3) is 0 Å². The van der Waals surface area contributed by atoms with Gasteiger partial charge in [-0.2, -0.15) is 0 Å². The third-order valence-corrected chi connectivity index (χ3v) is 2.33. The maximum Gasteiger partial charge on any atom is 0.337 e. The van der Waals surface area contributed by atoms with Gasteiger partial charge in [0.2, 0.25) is 5.91 Å². The molecule has 1 aromatic heterocycles. The number of carboxylic acid groups (broad SMARTS) is 1. The summed E-state index contributed by atoms with van der Waals surface area (Å²) in [6.07, 6.45) is 1.19. The topological polar surface area (TPSA) is 79.3 Å². The van der Waals surface area contributed by atoms with Gasteiger partial charge in [0, 0.05) is 13.1 Å². The number of aromatic carboxylic acids is 1. The van der Waals surface area contributed by atoms with E-state index in [2.05, 4.69) is 10.3 Å². The Bertz CT molecular complexity index is 589. The first kappa shape index (κ1) is 16.3. The predicted molar refractivity (Wildman–Crippen MR) is 76.6 cm³/mol. The van der Waals surface area contributed by atoms with Gasteiger partial charge in [-0.3, -0.25) is 4.79 Å². The van der Waals surface area contributed by atoms with Gasteiger partial charge in [-0.25, -0.2) is 14.2 Å². The van der Waals surface area contributed by atoms with Gasteiger partial charge in [-0.05, 0) is 31.2 Å². The van der Waals surface area contributed by atoms with Crippen molar-refractivity contribution < 1.29 is 19.1 Å². The molecule has 0 aliphatic rings. The summed E-state index contributed by atoms with van der Waals surface area (Å²) >= 11 is 0. The van der Waals surface area contributed by atoms with Gasteiger partial charge in [-0.15, -0.1) is 0 Å². The largest absolute Gasteiger partial charge is 0.478 e. The van der Waals surface area contributed by atoms with E-state index < -0.39 is 5.97 Å². The SMILES string of the molecule is CC(=O)Nc1ccc(C(=O)O)cn1.Cc1ccc(F)cc1. The predicted octanol–water partition coefficient (Wildman–Crippen LogP) is 2.87. The van der Waals surface area contributed by atoms with Crippen LogP contribution in [-0.2, 0) is 4.79 Å². The molecule has 0 fully saturated rings. The number of nitrogens with one attached hydrogen (secondary N) is 1. The number of nitrogens with zero attached hydrogens (tertiary/aromatic N) is 1. The Morgan fingerprint density at radius 2 is 1.76 bits per heavy atom. The number of carboxylic acids is 1. The van der Waals surface area contributed by atoms with E-state index >= 15 is 0 Å². The average molecular weight is 290 g/mol. The lowest BCUT2D eigenvalue weighted by molar-refractivity contribution is -0.114. The highest BCUT2D eigenvalue weighted by molar-refractivity contribution is 5.89. The fraction of sp³-hybridized carbons (Fsp3) is 0.133. The lowest BCUT2D eigenvalue weighted by atomic mass is 10.2. The van der Waals surface area contributed by atoms with Crippen molar-refractivity contribution in [3.05, 3.63) is 59.5 Å². The van der Waals surface area contributed by atoms with Gasteiger partial charge in [-0.1, -0.05) is 17.7 Å². The van der Waals surface area contributed by atoms with Gasteiger partial charge >= 0.3 is 5.97 Å². The molecule has 2 N–H and O–H groups in total. The van der Waals surface area contributed by atoms with Gasteiger partial charge < -0.3 is 10.4 Å². The third-order valence-electron chi connectivity index (χ3n) is 2.33. The highest BCUT2D eigenvalue weighted by atomic mass is 19.1. The number of hydrogen-bond donors (Lipinski definition) is 2. The molecular formula is C15H15FN2O3. The molecule has 2 aromatic rings. The van der Waals surface area contributed by atoms with Crippen LogP contribution in [0.5, 0.6) is 0 Å². The minimum absolute atomic E-state index is 0.0918. The van der Waals surface area contributed by atoms with Crippen LogP contribution in [0.3, 0.4) is 0 Å². The van der Waals surface area contributed by atoms with Crippen LogP contribution in [0.2, 0.25) is 0 Å². The van der Waals surface area contributed by atoms with E-state index in [-0.39, 0.29) is 17.3 Å². The Balaban J connectivity index is 0.000000235. The summed E-state index contributed by atoms with van der Waals surface area (Å²) in [6, 6.07) is 9.21. The summed E-state index contributed by atoms with van der Waals surface area (Å²) < 4.78 is 12.1. The minimum atomic E-state index is -1.04. The number of rotatable bonds is 2. The molecule has 0 aliphatic heterocycles. The number of aromatic nitrogens is 1. The summed E-state index contributed by atoms with van der Waals surface area (Å²) in [5.74, 6) is -1.11. The Labute approximate surface area is 121 Å². The lowest BCUT2D eigenvalue weighted by Gasteiger charge is -1.99. The van der Waals surface area contributed by atoms with Gasteiger partial charge in [0.15, 0.2) is 0 Å². The van der Waals surface area contributed by atoms with Crippen molar-refractivity contribution >= 4 is 17.7 Å². The fourth-order valence-corrected chi connectivity index (χ4v) is 1.31. The molecular weight excluding hydrogens is 275 g/mol. The Kier molecular flexibility index (Phi) is 6.00. The van der Waals surface area contributed by atoms with Crippen LogP contribution in [0.1, 0.15) is 22.8 Å². The number of halogens is 1. The molecule has 0 bridgehead atoms. The quantitative estimate of drug-likeness (QED) is 0.891. The molecule has 6 heteroatoms. The number of carbonyl (C=O) groups excluding carboxylic acids is 1. The molecule has 2 rings (SSSR count). The molecule has 5 nitrogen and oxygen atoms in total. The Hall–Kier alpha value is -2.76. The molecule has 0 atom stereocenters. The van der Waals surface area contributed by atoms with Crippen molar-refractivity contribution in [3.8, 4) is 0 Å². The van der Waals surface area contributed by atoms with Crippen molar-refractivity contribution in [1.29, 1.82) is 0 Å². The zero-order valence-corrected chi connectivity index (χ0v) is 11.6. The smallest absolute Gasteiger partial charge is 0.337 e. The Morgan fingerprint density at radius 3 is 2.14 bits per heavy atom. The molecule has 0 saturated carbocycles. The summed E-state index contributed by atoms with van der Waals surface area (Å²) in [4.78, 5) is 24.7. The molecule has 1 heterocycles. The normalized spacial score (nSPS) is 9.29. The first-order valence-corrected chi connectivity index (χ1v) is 6.07. The highest BCUT2D eigenvalue weighted by Gasteiger charge is 2.02. The average Bonchev–Trinajstić information content (AvgIpc) is 2.43. The van der Waals surface area contributed by atoms with Crippen LogP contribution in [0, 0.1) is 12.7 Å². The molecule has 0 radical (unpaired) electrons. The second-order valence-corrected chi connectivity index (χ2v) is 4.21. The zero-order valence-electron chi connectivity index (χ0n) is 11.6. The van der Waals surface area contributed by atoms with E-state index in [0.717, 1.165) is 5.56 Å². The van der Waals surface area contributed by atoms with Crippen LogP contribution >= 0.6 is 0 Å². The number of aryl methyl sites for hydroxylation is 1. The standard InChI is InChI=1S/C8H8N2O3.C7H7F/c1-5(11)10-7-3-2-6(4-9-7)8(12)13;1-6-2-4-7(8)5-3-6/h2-4H,1H3,(H,12,13)(H,9,10,11);2-5H,1H3. The fourth-order valence-electron chi connectivity index (χ4n) is 1.31. The number of benzene rings is 1. The molecule has 0 aliphatic carbocycles. The van der Waals surface area contributed by atoms with E-state index in [1.807, 2.05) is 6.92 Å². The van der Waals surface area contributed by atoms with E-state index in [0.29, 0.717) is 5.82 Å². The van der Waals surface area contributed by atoms with Gasteiger partial charge in [0.05, 0.1) is 5.56 Å². The number of amides is 1. The van der Waals surface area contributed by atoms with Crippen molar-refractivity contribution in [2.24, 2.45) is 0 Å². The lowest BCUT2D eigenvalue weighted by Crippen LogP contribution is -2.07. The number of pyridine rings is 1. The number of hydrogen-bond acceptors (Lipinski definition) is 3. The molecule has 0 unspecified atom stereocenters. The second-order valence-electron chi connectivity index (χ2n) is 4.21. The van der Waals surface area contributed by atoms with Crippen molar-refractivity contribution in [2.45, 2.75) is 13.8 Å². The summed E-state index contributed by atoms with van der Waals surface area (Å²) in [7, 11) is 0. The monoisotopic (exact) mass is 290 g/mol. The van der Waals surface area contributed by atoms with E-state index in [1.54, 1.807) is 12.1 Å². The molecule has 0 spiro atoms. The number of carbonyl (C=O) groups is 2. The van der Waals surface area contributed by atoms with E-state index in [4.69, 9.17) is 5.11 Å². The summed E-state index contributed by atoms with van der Waals surface area (Å²) in [5.41, 5.74) is 1.18. The first-order chi connectivity index (χ1) is 9.88. The van der Waals surface area contributed by atoms with Crippen molar-refractivity contribution in [2.75, 3.05) is 5.32 Å². The van der Waals surface area contributed by atoms with Gasteiger partial charge in [0.25, 0.3) is 0 Å². The van der Waals surface area contributed by atoms with Crippen LogP contribution in [0.15, 0.2) is 42.6 Å². The molecule has 1 aromatic carbocycles. The number of anilines is 1. The Morgan fingerprint density at radius 1 is 1.14 bits per heavy atom.